The van der Waals surface area contributed by atoms with E-state index in [1.807, 2.05) is 30.3 Å². The van der Waals surface area contributed by atoms with E-state index < -0.39 is 16.9 Å². The Balaban J connectivity index is 1.75. The van der Waals surface area contributed by atoms with E-state index >= 15 is 0 Å². The minimum atomic E-state index is -0.737. The molecule has 2 amide bonds. The van der Waals surface area contributed by atoms with Crippen LogP contribution in [0.5, 0.6) is 0 Å². The molecule has 1 aromatic carbocycles. The SMILES string of the molecule is CC(=O)NCC1COC(=O)N1c1ccc(C2=CC[S@@](=O)CC2)cc1. The summed E-state index contributed by atoms with van der Waals surface area (Å²) in [6.45, 7) is 2.07. The van der Waals surface area contributed by atoms with Crippen LogP contribution in [0.4, 0.5) is 10.5 Å². The molecule has 2 aliphatic heterocycles. The minimum absolute atomic E-state index is 0.133. The lowest BCUT2D eigenvalue weighted by atomic mass is 10.0. The van der Waals surface area contributed by atoms with Crippen molar-refractivity contribution in [2.24, 2.45) is 0 Å². The number of nitrogens with zero attached hydrogens (tertiary/aromatic N) is 1. The van der Waals surface area contributed by atoms with Gasteiger partial charge in [-0.1, -0.05) is 18.2 Å². The second-order valence-electron chi connectivity index (χ2n) is 5.87. The molecule has 2 atom stereocenters. The predicted molar refractivity (Wildman–Crippen MR) is 93.2 cm³/mol. The molecule has 3 rings (SSSR count). The van der Waals surface area contributed by atoms with Crippen LogP contribution in [0, 0.1) is 0 Å². The van der Waals surface area contributed by atoms with Crippen molar-refractivity contribution < 1.29 is 18.5 Å². The number of hydrogen-bond acceptors (Lipinski definition) is 4. The number of cyclic esters (lactones) is 1. The Labute approximate surface area is 143 Å². The third kappa shape index (κ3) is 3.67. The van der Waals surface area contributed by atoms with E-state index in [4.69, 9.17) is 4.74 Å². The molecule has 1 fully saturated rings. The predicted octanol–water partition coefficient (Wildman–Crippen LogP) is 1.68. The zero-order valence-electron chi connectivity index (χ0n) is 13.5. The van der Waals surface area contributed by atoms with Crippen molar-refractivity contribution in [2.75, 3.05) is 29.6 Å². The second kappa shape index (κ2) is 7.17. The fourth-order valence-corrected chi connectivity index (χ4v) is 3.89. The van der Waals surface area contributed by atoms with Crippen LogP contribution in [0.1, 0.15) is 18.9 Å². The van der Waals surface area contributed by atoms with Gasteiger partial charge in [0.25, 0.3) is 0 Å². The zero-order valence-corrected chi connectivity index (χ0v) is 14.3. The maximum atomic E-state index is 12.0. The number of allylic oxidation sites excluding steroid dienone is 1. The van der Waals surface area contributed by atoms with Gasteiger partial charge in [-0.25, -0.2) is 4.79 Å². The van der Waals surface area contributed by atoms with Crippen molar-refractivity contribution in [1.29, 1.82) is 0 Å². The van der Waals surface area contributed by atoms with Gasteiger partial charge in [0.05, 0.1) is 6.04 Å². The van der Waals surface area contributed by atoms with E-state index in [0.29, 0.717) is 18.1 Å². The van der Waals surface area contributed by atoms with Gasteiger partial charge >= 0.3 is 6.09 Å². The summed E-state index contributed by atoms with van der Waals surface area (Å²) in [6.07, 6.45) is 2.44. The second-order valence-corrected chi connectivity index (χ2v) is 7.50. The van der Waals surface area contributed by atoms with Gasteiger partial charge in [-0.2, -0.15) is 0 Å². The Morgan fingerprint density at radius 1 is 1.38 bits per heavy atom. The highest BCUT2D eigenvalue weighted by Gasteiger charge is 2.34. The van der Waals surface area contributed by atoms with Crippen molar-refractivity contribution in [3.05, 3.63) is 35.9 Å². The van der Waals surface area contributed by atoms with Crippen molar-refractivity contribution in [2.45, 2.75) is 19.4 Å². The first-order valence-corrected chi connectivity index (χ1v) is 9.38. The number of anilines is 1. The first kappa shape index (κ1) is 16.7. The molecule has 1 aromatic rings. The third-order valence-electron chi connectivity index (χ3n) is 4.18. The van der Waals surface area contributed by atoms with Gasteiger partial charge < -0.3 is 10.1 Å². The molecule has 0 radical (unpaired) electrons. The number of carbonyl (C=O) groups excluding carboxylic acids is 2. The molecule has 0 aromatic heterocycles. The Kier molecular flexibility index (Phi) is 4.99. The fourth-order valence-electron chi connectivity index (χ4n) is 2.89. The average Bonchev–Trinajstić information content (AvgIpc) is 2.94. The van der Waals surface area contributed by atoms with E-state index in [1.54, 1.807) is 4.90 Å². The molecule has 1 N–H and O–H groups in total. The lowest BCUT2D eigenvalue weighted by Gasteiger charge is -2.22. The molecule has 1 saturated heterocycles. The van der Waals surface area contributed by atoms with Crippen molar-refractivity contribution in [1.82, 2.24) is 5.32 Å². The Morgan fingerprint density at radius 3 is 2.75 bits per heavy atom. The molecule has 2 aliphatic rings. The molecule has 0 spiro atoms. The first-order valence-electron chi connectivity index (χ1n) is 7.89. The third-order valence-corrected chi connectivity index (χ3v) is 5.38. The summed E-state index contributed by atoms with van der Waals surface area (Å²) in [4.78, 5) is 24.7. The summed E-state index contributed by atoms with van der Waals surface area (Å²) in [6, 6.07) is 7.50. The molecule has 0 saturated carbocycles. The Hall–Kier alpha value is -2.15. The van der Waals surface area contributed by atoms with E-state index in [0.717, 1.165) is 17.7 Å². The topological polar surface area (TPSA) is 75.7 Å². The summed E-state index contributed by atoms with van der Waals surface area (Å²) in [5.41, 5.74) is 3.03. The molecule has 1 unspecified atom stereocenters. The highest BCUT2D eigenvalue weighted by Crippen LogP contribution is 2.27. The van der Waals surface area contributed by atoms with Crippen LogP contribution in [0.2, 0.25) is 0 Å². The Bertz CT molecular complexity index is 699. The molecular weight excluding hydrogens is 328 g/mol. The summed E-state index contributed by atoms with van der Waals surface area (Å²) in [7, 11) is -0.737. The van der Waals surface area contributed by atoms with Gasteiger partial charge in [0.15, 0.2) is 0 Å². The molecule has 6 nitrogen and oxygen atoms in total. The molecular formula is C17H20N2O4S. The number of carbonyl (C=O) groups is 2. The van der Waals surface area contributed by atoms with Gasteiger partial charge in [-0.3, -0.25) is 13.9 Å². The molecule has 0 bridgehead atoms. The maximum absolute atomic E-state index is 12.0. The van der Waals surface area contributed by atoms with Crippen LogP contribution in [0.15, 0.2) is 30.3 Å². The number of hydrogen-bond donors (Lipinski definition) is 1. The lowest BCUT2D eigenvalue weighted by Crippen LogP contribution is -2.42. The van der Waals surface area contributed by atoms with Crippen LogP contribution < -0.4 is 10.2 Å². The summed E-state index contributed by atoms with van der Waals surface area (Å²) >= 11 is 0. The van der Waals surface area contributed by atoms with Crippen molar-refractivity contribution >= 4 is 34.1 Å². The van der Waals surface area contributed by atoms with E-state index in [-0.39, 0.29) is 18.6 Å². The summed E-state index contributed by atoms with van der Waals surface area (Å²) < 4.78 is 16.5. The lowest BCUT2D eigenvalue weighted by molar-refractivity contribution is -0.119. The molecule has 24 heavy (non-hydrogen) atoms. The van der Waals surface area contributed by atoms with Gasteiger partial charge in [0.2, 0.25) is 5.91 Å². The van der Waals surface area contributed by atoms with Crippen molar-refractivity contribution in [3.63, 3.8) is 0 Å². The van der Waals surface area contributed by atoms with Crippen LogP contribution in [-0.2, 0) is 20.3 Å². The van der Waals surface area contributed by atoms with Crippen LogP contribution >= 0.6 is 0 Å². The number of benzene rings is 1. The first-order chi connectivity index (χ1) is 11.5. The van der Waals surface area contributed by atoms with Gasteiger partial charge in [0.1, 0.15) is 6.61 Å². The molecule has 2 heterocycles. The average molecular weight is 348 g/mol. The number of nitrogens with one attached hydrogen (secondary N) is 1. The van der Waals surface area contributed by atoms with Gasteiger partial charge in [-0.15, -0.1) is 0 Å². The standard InChI is InChI=1S/C17H20N2O4S/c1-12(20)18-10-16-11-23-17(21)19(16)15-4-2-13(3-5-15)14-6-8-24(22)9-7-14/h2-6,16H,7-11H2,1H3,(H,18,20)/t16?,24-/m1/s1. The largest absolute Gasteiger partial charge is 0.447 e. The minimum Gasteiger partial charge on any atom is -0.447 e. The zero-order chi connectivity index (χ0) is 17.1. The van der Waals surface area contributed by atoms with E-state index in [2.05, 4.69) is 5.32 Å². The monoisotopic (exact) mass is 348 g/mol. The Morgan fingerprint density at radius 2 is 2.12 bits per heavy atom. The highest BCUT2D eigenvalue weighted by atomic mass is 32.2. The van der Waals surface area contributed by atoms with Gasteiger partial charge in [0, 0.05) is 41.5 Å². The normalized spacial score (nSPS) is 23.6. The molecule has 7 heteroatoms. The number of ether oxygens (including phenoxy) is 1. The maximum Gasteiger partial charge on any atom is 0.414 e. The van der Waals surface area contributed by atoms with Crippen molar-refractivity contribution in [3.8, 4) is 0 Å². The van der Waals surface area contributed by atoms with Crippen LogP contribution in [-0.4, -0.2) is 46.9 Å². The van der Waals surface area contributed by atoms with E-state index in [9.17, 15) is 13.8 Å². The fraction of sp³-hybridized carbons (Fsp3) is 0.412. The van der Waals surface area contributed by atoms with Crippen LogP contribution in [0.25, 0.3) is 5.57 Å². The number of rotatable bonds is 4. The smallest absolute Gasteiger partial charge is 0.414 e. The molecule has 0 aliphatic carbocycles. The van der Waals surface area contributed by atoms with Gasteiger partial charge in [-0.05, 0) is 29.7 Å². The summed E-state index contributed by atoms with van der Waals surface area (Å²) in [5.74, 6) is 1.17. The highest BCUT2D eigenvalue weighted by molar-refractivity contribution is 7.85. The van der Waals surface area contributed by atoms with E-state index in [1.165, 1.54) is 12.5 Å². The van der Waals surface area contributed by atoms with Crippen LogP contribution in [0.3, 0.4) is 0 Å². The molecule has 128 valence electrons. The number of amides is 2. The quantitative estimate of drug-likeness (QED) is 0.898. The summed E-state index contributed by atoms with van der Waals surface area (Å²) in [5, 5.41) is 2.72.